The van der Waals surface area contributed by atoms with Gasteiger partial charge in [-0.25, -0.2) is 4.79 Å². The number of carboxylic acids is 1. The highest BCUT2D eigenvalue weighted by atomic mass is 16.5. The molecule has 2 amide bonds. The van der Waals surface area contributed by atoms with Gasteiger partial charge in [0, 0.05) is 37.8 Å². The molecule has 1 rings (SSSR count). The molecule has 3 N–H and O–H groups in total. The Labute approximate surface area is 137 Å². The van der Waals surface area contributed by atoms with Crippen molar-refractivity contribution in [1.82, 2.24) is 10.6 Å². The monoisotopic (exact) mass is 328 g/mol. The van der Waals surface area contributed by atoms with E-state index in [0.29, 0.717) is 19.6 Å². The molecule has 0 heterocycles. The molecule has 0 bridgehead atoms. The quantitative estimate of drug-likeness (QED) is 0.587. The lowest BCUT2D eigenvalue weighted by atomic mass is 9.54. The highest BCUT2D eigenvalue weighted by molar-refractivity contribution is 5.89. The maximum absolute atomic E-state index is 12.1. The zero-order valence-corrected chi connectivity index (χ0v) is 14.4. The van der Waals surface area contributed by atoms with Crippen LogP contribution < -0.4 is 10.6 Å². The fourth-order valence-electron chi connectivity index (χ4n) is 3.03. The van der Waals surface area contributed by atoms with Crippen molar-refractivity contribution in [3.8, 4) is 0 Å². The van der Waals surface area contributed by atoms with Crippen LogP contribution >= 0.6 is 0 Å². The summed E-state index contributed by atoms with van der Waals surface area (Å²) in [5.41, 5.74) is -2.00. The molecule has 23 heavy (non-hydrogen) atoms. The number of nitrogens with one attached hydrogen (secondary N) is 2. The van der Waals surface area contributed by atoms with E-state index < -0.39 is 16.9 Å². The fourth-order valence-corrected chi connectivity index (χ4v) is 3.03. The minimum absolute atomic E-state index is 0.103. The summed E-state index contributed by atoms with van der Waals surface area (Å²) in [7, 11) is 0. The minimum Gasteiger partial charge on any atom is -0.479 e. The molecule has 2 atom stereocenters. The molecule has 1 fully saturated rings. The number of amides is 2. The van der Waals surface area contributed by atoms with E-state index in [-0.39, 0.29) is 37.2 Å². The summed E-state index contributed by atoms with van der Waals surface area (Å²) in [5, 5.41) is 14.9. The third kappa shape index (κ3) is 4.02. The molecular weight excluding hydrogens is 300 g/mol. The van der Waals surface area contributed by atoms with Gasteiger partial charge in [0.15, 0.2) is 0 Å². The molecule has 1 aliphatic carbocycles. The highest BCUT2D eigenvalue weighted by Crippen LogP contribution is 2.51. The molecule has 0 spiro atoms. The SMILES string of the molecule is CCNC(=O)CCCC(=O)NC1(C(=O)O)CC(OCC)C1(C)C. The van der Waals surface area contributed by atoms with Crippen LogP contribution in [0.4, 0.5) is 0 Å². The van der Waals surface area contributed by atoms with E-state index in [4.69, 9.17) is 4.74 Å². The van der Waals surface area contributed by atoms with Gasteiger partial charge < -0.3 is 20.5 Å². The van der Waals surface area contributed by atoms with Crippen LogP contribution in [-0.2, 0) is 19.1 Å². The van der Waals surface area contributed by atoms with Gasteiger partial charge in [-0.15, -0.1) is 0 Å². The van der Waals surface area contributed by atoms with E-state index in [1.165, 1.54) is 0 Å². The topological polar surface area (TPSA) is 105 Å². The Morgan fingerprint density at radius 1 is 1.17 bits per heavy atom. The predicted molar refractivity (Wildman–Crippen MR) is 84.9 cm³/mol. The van der Waals surface area contributed by atoms with Crippen LogP contribution in [0.1, 0.15) is 53.4 Å². The second-order valence-corrected chi connectivity index (χ2v) is 6.44. The van der Waals surface area contributed by atoms with E-state index in [1.54, 1.807) is 13.8 Å². The lowest BCUT2D eigenvalue weighted by molar-refractivity contribution is -0.194. The highest BCUT2D eigenvalue weighted by Gasteiger charge is 2.66. The molecule has 7 nitrogen and oxygen atoms in total. The van der Waals surface area contributed by atoms with Crippen molar-refractivity contribution in [3.05, 3.63) is 0 Å². The lowest BCUT2D eigenvalue weighted by Gasteiger charge is -2.58. The molecule has 7 heteroatoms. The molecule has 0 aromatic heterocycles. The van der Waals surface area contributed by atoms with Gasteiger partial charge in [-0.3, -0.25) is 9.59 Å². The summed E-state index contributed by atoms with van der Waals surface area (Å²) in [4.78, 5) is 35.2. The zero-order chi connectivity index (χ0) is 17.7. The predicted octanol–water partition coefficient (Wildman–Crippen LogP) is 1.07. The van der Waals surface area contributed by atoms with E-state index in [2.05, 4.69) is 10.6 Å². The van der Waals surface area contributed by atoms with Crippen LogP contribution in [0.25, 0.3) is 0 Å². The van der Waals surface area contributed by atoms with Crippen molar-refractivity contribution in [1.29, 1.82) is 0 Å². The van der Waals surface area contributed by atoms with Gasteiger partial charge in [0.25, 0.3) is 0 Å². The molecule has 1 saturated carbocycles. The maximum Gasteiger partial charge on any atom is 0.330 e. The van der Waals surface area contributed by atoms with Gasteiger partial charge in [-0.05, 0) is 20.3 Å². The molecule has 0 aromatic carbocycles. The van der Waals surface area contributed by atoms with Crippen LogP contribution in [0, 0.1) is 5.41 Å². The van der Waals surface area contributed by atoms with Crippen molar-refractivity contribution in [2.24, 2.45) is 5.41 Å². The molecule has 0 aliphatic heterocycles. The van der Waals surface area contributed by atoms with E-state index >= 15 is 0 Å². The van der Waals surface area contributed by atoms with Gasteiger partial charge in [-0.1, -0.05) is 13.8 Å². The first-order chi connectivity index (χ1) is 10.7. The Kier molecular flexibility index (Phi) is 6.56. The Morgan fingerprint density at radius 3 is 2.26 bits per heavy atom. The summed E-state index contributed by atoms with van der Waals surface area (Å²) in [6.07, 6.45) is 0.834. The van der Waals surface area contributed by atoms with Crippen molar-refractivity contribution in [3.63, 3.8) is 0 Å². The number of aliphatic carboxylic acids is 1. The molecular formula is C16H28N2O5. The van der Waals surface area contributed by atoms with E-state index in [0.717, 1.165) is 0 Å². The molecule has 0 saturated heterocycles. The number of carbonyl (C=O) groups is 3. The van der Waals surface area contributed by atoms with Crippen molar-refractivity contribution >= 4 is 17.8 Å². The average molecular weight is 328 g/mol. The average Bonchev–Trinajstić information content (AvgIpc) is 2.45. The van der Waals surface area contributed by atoms with Crippen LogP contribution in [-0.4, -0.2) is 47.7 Å². The van der Waals surface area contributed by atoms with Crippen molar-refractivity contribution in [2.45, 2.75) is 65.0 Å². The molecule has 2 unspecified atom stereocenters. The van der Waals surface area contributed by atoms with Crippen molar-refractivity contribution in [2.75, 3.05) is 13.2 Å². The van der Waals surface area contributed by atoms with Gasteiger partial charge in [0.2, 0.25) is 11.8 Å². The Hall–Kier alpha value is -1.63. The van der Waals surface area contributed by atoms with E-state index in [9.17, 15) is 19.5 Å². The standard InChI is InChI=1S/C16H28N2O5/c1-5-17-12(19)8-7-9-13(20)18-16(14(21)22)10-11(23-6-2)15(16,3)4/h11H,5-10H2,1-4H3,(H,17,19)(H,18,20)(H,21,22). The minimum atomic E-state index is -1.31. The van der Waals surface area contributed by atoms with Gasteiger partial charge in [0.1, 0.15) is 5.54 Å². The van der Waals surface area contributed by atoms with Crippen LogP contribution in [0.5, 0.6) is 0 Å². The van der Waals surface area contributed by atoms with Gasteiger partial charge in [0.05, 0.1) is 6.10 Å². The molecule has 132 valence electrons. The smallest absolute Gasteiger partial charge is 0.330 e. The molecule has 1 aliphatic rings. The zero-order valence-electron chi connectivity index (χ0n) is 14.4. The lowest BCUT2D eigenvalue weighted by Crippen LogP contribution is -2.76. The Bertz CT molecular complexity index is 463. The number of hydrogen-bond acceptors (Lipinski definition) is 4. The normalized spacial score (nSPS) is 25.3. The summed E-state index contributed by atoms with van der Waals surface area (Å²) in [6, 6.07) is 0. The summed E-state index contributed by atoms with van der Waals surface area (Å²) in [5.74, 6) is -1.50. The first-order valence-electron chi connectivity index (χ1n) is 8.14. The number of carboxylic acid groups (broad SMARTS) is 1. The van der Waals surface area contributed by atoms with Crippen molar-refractivity contribution < 1.29 is 24.2 Å². The number of hydrogen-bond donors (Lipinski definition) is 3. The Balaban J connectivity index is 2.59. The second kappa shape index (κ2) is 7.77. The first kappa shape index (κ1) is 19.4. The molecule has 0 radical (unpaired) electrons. The largest absolute Gasteiger partial charge is 0.479 e. The third-order valence-corrected chi connectivity index (χ3v) is 4.66. The third-order valence-electron chi connectivity index (χ3n) is 4.66. The van der Waals surface area contributed by atoms with Gasteiger partial charge in [-0.2, -0.15) is 0 Å². The van der Waals surface area contributed by atoms with E-state index in [1.807, 2.05) is 13.8 Å². The number of ether oxygens (including phenoxy) is 1. The summed E-state index contributed by atoms with van der Waals surface area (Å²) in [6.45, 7) is 8.33. The summed E-state index contributed by atoms with van der Waals surface area (Å²) < 4.78 is 5.55. The Morgan fingerprint density at radius 2 is 1.78 bits per heavy atom. The molecule has 0 aromatic rings. The van der Waals surface area contributed by atoms with Gasteiger partial charge >= 0.3 is 5.97 Å². The fraction of sp³-hybridized carbons (Fsp3) is 0.812. The van der Waals surface area contributed by atoms with Crippen LogP contribution in [0.2, 0.25) is 0 Å². The first-order valence-corrected chi connectivity index (χ1v) is 8.14. The van der Waals surface area contributed by atoms with Crippen LogP contribution in [0.15, 0.2) is 0 Å². The second-order valence-electron chi connectivity index (χ2n) is 6.44. The summed E-state index contributed by atoms with van der Waals surface area (Å²) >= 11 is 0. The van der Waals surface area contributed by atoms with Crippen LogP contribution in [0.3, 0.4) is 0 Å². The number of carbonyl (C=O) groups excluding carboxylic acids is 2. The maximum atomic E-state index is 12.1. The number of rotatable bonds is 9.